The summed E-state index contributed by atoms with van der Waals surface area (Å²) in [6.07, 6.45) is 10.3. The summed E-state index contributed by atoms with van der Waals surface area (Å²) in [6, 6.07) is 10.6. The maximum Gasteiger partial charge on any atom is 0.361 e. The van der Waals surface area contributed by atoms with Crippen molar-refractivity contribution >= 4 is 5.97 Å². The lowest BCUT2D eigenvalue weighted by molar-refractivity contribution is -0.920. The molecule has 0 aliphatic carbocycles. The molecule has 0 bridgehead atoms. The summed E-state index contributed by atoms with van der Waals surface area (Å²) in [5.41, 5.74) is 2.73. The van der Waals surface area contributed by atoms with Crippen LogP contribution in [-0.4, -0.2) is 43.2 Å². The Morgan fingerprint density at radius 2 is 1.85 bits per heavy atom. The monoisotopic (exact) mass is 358 g/mol. The quantitative estimate of drug-likeness (QED) is 0.257. The van der Waals surface area contributed by atoms with Crippen LogP contribution in [0.1, 0.15) is 57.9 Å². The normalized spacial score (nSPS) is 17.1. The standard InChI is InChI=1S/C23H36NO2/c1-3-4-11-18-26-23(25)20-24(15-9-6-10-16-24)17-14-21(2)19-22-12-7-5-8-13-22/h5,7-8,12-14H,3-4,6,9-11,15-20H2,1-2H3/q+1/b21-14+. The van der Waals surface area contributed by atoms with E-state index in [9.17, 15) is 4.79 Å². The van der Waals surface area contributed by atoms with Crippen molar-refractivity contribution in [1.82, 2.24) is 0 Å². The Labute approximate surface area is 159 Å². The average molecular weight is 359 g/mol. The van der Waals surface area contributed by atoms with Crippen molar-refractivity contribution in [2.24, 2.45) is 0 Å². The maximum absolute atomic E-state index is 12.4. The summed E-state index contributed by atoms with van der Waals surface area (Å²) in [7, 11) is 0. The van der Waals surface area contributed by atoms with Crippen LogP contribution in [-0.2, 0) is 16.0 Å². The van der Waals surface area contributed by atoms with Crippen LogP contribution in [0.5, 0.6) is 0 Å². The second-order valence-electron chi connectivity index (χ2n) is 7.83. The molecule has 1 fully saturated rings. The largest absolute Gasteiger partial charge is 0.462 e. The molecule has 1 aromatic carbocycles. The van der Waals surface area contributed by atoms with E-state index in [0.717, 1.165) is 49.8 Å². The molecule has 1 aliphatic heterocycles. The number of rotatable bonds is 10. The van der Waals surface area contributed by atoms with Gasteiger partial charge in [-0.05, 0) is 50.7 Å². The van der Waals surface area contributed by atoms with Crippen molar-refractivity contribution in [2.45, 2.75) is 58.8 Å². The van der Waals surface area contributed by atoms with E-state index in [1.54, 1.807) is 0 Å². The Kier molecular flexibility index (Phi) is 8.90. The molecule has 1 saturated heterocycles. The van der Waals surface area contributed by atoms with Crippen LogP contribution >= 0.6 is 0 Å². The fourth-order valence-electron chi connectivity index (χ4n) is 3.79. The molecular weight excluding hydrogens is 322 g/mol. The third kappa shape index (κ3) is 7.33. The van der Waals surface area contributed by atoms with Gasteiger partial charge in [0.25, 0.3) is 0 Å². The molecule has 0 saturated carbocycles. The van der Waals surface area contributed by atoms with Crippen molar-refractivity contribution in [3.05, 3.63) is 47.5 Å². The van der Waals surface area contributed by atoms with Crippen molar-refractivity contribution in [1.29, 1.82) is 0 Å². The van der Waals surface area contributed by atoms with Crippen LogP contribution < -0.4 is 0 Å². The number of esters is 1. The van der Waals surface area contributed by atoms with Gasteiger partial charge in [-0.2, -0.15) is 0 Å². The predicted molar refractivity (Wildman–Crippen MR) is 108 cm³/mol. The molecule has 0 spiro atoms. The smallest absolute Gasteiger partial charge is 0.361 e. The highest BCUT2D eigenvalue weighted by Crippen LogP contribution is 2.20. The second-order valence-corrected chi connectivity index (χ2v) is 7.83. The molecule has 1 aliphatic rings. The SMILES string of the molecule is CCCCCOC(=O)C[N+]1(C/C=C(\C)Cc2ccccc2)CCCCC1. The molecule has 0 radical (unpaired) electrons. The van der Waals surface area contributed by atoms with Gasteiger partial charge in [-0.1, -0.05) is 55.7 Å². The number of hydrogen-bond donors (Lipinski definition) is 0. The third-order valence-corrected chi connectivity index (χ3v) is 5.39. The van der Waals surface area contributed by atoms with Gasteiger partial charge < -0.3 is 9.22 Å². The van der Waals surface area contributed by atoms with E-state index < -0.39 is 0 Å². The Morgan fingerprint density at radius 1 is 1.12 bits per heavy atom. The second kappa shape index (κ2) is 11.2. The zero-order valence-corrected chi connectivity index (χ0v) is 16.7. The van der Waals surface area contributed by atoms with Gasteiger partial charge in [0.1, 0.15) is 0 Å². The van der Waals surface area contributed by atoms with E-state index in [4.69, 9.17) is 4.74 Å². The van der Waals surface area contributed by atoms with Gasteiger partial charge in [-0.15, -0.1) is 0 Å². The fraction of sp³-hybridized carbons (Fsp3) is 0.609. The lowest BCUT2D eigenvalue weighted by atomic mass is 10.0. The summed E-state index contributed by atoms with van der Waals surface area (Å²) in [5.74, 6) is -0.0166. The van der Waals surface area contributed by atoms with Gasteiger partial charge in [-0.25, -0.2) is 4.79 Å². The first kappa shape index (κ1) is 20.7. The molecule has 26 heavy (non-hydrogen) atoms. The van der Waals surface area contributed by atoms with Crippen LogP contribution in [0, 0.1) is 0 Å². The Bertz CT molecular complexity index is 559. The molecule has 1 heterocycles. The lowest BCUT2D eigenvalue weighted by Gasteiger charge is -2.40. The number of carbonyl (C=O) groups is 1. The van der Waals surface area contributed by atoms with E-state index in [-0.39, 0.29) is 5.97 Å². The van der Waals surface area contributed by atoms with Crippen LogP contribution in [0.3, 0.4) is 0 Å². The number of allylic oxidation sites excluding steroid dienone is 1. The van der Waals surface area contributed by atoms with Crippen LogP contribution in [0.4, 0.5) is 0 Å². The molecule has 144 valence electrons. The van der Waals surface area contributed by atoms with E-state index in [1.165, 1.54) is 30.4 Å². The number of benzene rings is 1. The fourth-order valence-corrected chi connectivity index (χ4v) is 3.79. The van der Waals surface area contributed by atoms with Gasteiger partial charge in [0.2, 0.25) is 0 Å². The van der Waals surface area contributed by atoms with Crippen molar-refractivity contribution in [2.75, 3.05) is 32.8 Å². The van der Waals surface area contributed by atoms with Crippen LogP contribution in [0.2, 0.25) is 0 Å². The number of piperidine rings is 1. The molecule has 1 aromatic rings. The van der Waals surface area contributed by atoms with Gasteiger partial charge in [0.05, 0.1) is 26.2 Å². The van der Waals surface area contributed by atoms with Gasteiger partial charge in [-0.3, -0.25) is 0 Å². The summed E-state index contributed by atoms with van der Waals surface area (Å²) < 4.78 is 6.37. The summed E-state index contributed by atoms with van der Waals surface area (Å²) >= 11 is 0. The first-order chi connectivity index (χ1) is 12.6. The highest BCUT2D eigenvalue weighted by Gasteiger charge is 2.32. The van der Waals surface area contributed by atoms with Crippen LogP contribution in [0.25, 0.3) is 0 Å². The molecule has 0 amide bonds. The number of hydrogen-bond acceptors (Lipinski definition) is 2. The Balaban J connectivity index is 1.90. The molecule has 3 nitrogen and oxygen atoms in total. The molecule has 0 aromatic heterocycles. The highest BCUT2D eigenvalue weighted by molar-refractivity contribution is 5.70. The molecule has 2 rings (SSSR count). The molecule has 3 heteroatoms. The van der Waals surface area contributed by atoms with Crippen molar-refractivity contribution in [3.8, 4) is 0 Å². The molecule has 0 N–H and O–H groups in total. The van der Waals surface area contributed by atoms with E-state index in [2.05, 4.69) is 50.3 Å². The lowest BCUT2D eigenvalue weighted by Crippen LogP contribution is -2.54. The number of ether oxygens (including phenoxy) is 1. The number of unbranched alkanes of at least 4 members (excludes halogenated alkanes) is 2. The van der Waals surface area contributed by atoms with E-state index in [0.29, 0.717) is 13.2 Å². The summed E-state index contributed by atoms with van der Waals surface area (Å²) in [5, 5.41) is 0. The topological polar surface area (TPSA) is 26.3 Å². The minimum Gasteiger partial charge on any atom is -0.462 e. The van der Waals surface area contributed by atoms with Gasteiger partial charge in [0, 0.05) is 0 Å². The van der Waals surface area contributed by atoms with E-state index >= 15 is 0 Å². The third-order valence-electron chi connectivity index (χ3n) is 5.39. The Hall–Kier alpha value is -1.61. The highest BCUT2D eigenvalue weighted by atomic mass is 16.5. The maximum atomic E-state index is 12.4. The molecule has 0 unspecified atom stereocenters. The number of quaternary nitrogens is 1. The number of nitrogens with zero attached hydrogens (tertiary/aromatic N) is 1. The van der Waals surface area contributed by atoms with Crippen molar-refractivity contribution < 1.29 is 14.0 Å². The summed E-state index contributed by atoms with van der Waals surface area (Å²) in [4.78, 5) is 12.4. The zero-order chi connectivity index (χ0) is 18.7. The number of likely N-dealkylation sites (tertiary alicyclic amines) is 1. The predicted octanol–water partition coefficient (Wildman–Crippen LogP) is 4.91. The first-order valence-electron chi connectivity index (χ1n) is 10.3. The van der Waals surface area contributed by atoms with Crippen LogP contribution in [0.15, 0.2) is 42.0 Å². The molecular formula is C23H36NO2+. The average Bonchev–Trinajstić information content (AvgIpc) is 2.65. The van der Waals surface area contributed by atoms with E-state index in [1.807, 2.05) is 0 Å². The molecule has 0 atom stereocenters. The van der Waals surface area contributed by atoms with Gasteiger partial charge >= 0.3 is 5.97 Å². The van der Waals surface area contributed by atoms with Crippen molar-refractivity contribution in [3.63, 3.8) is 0 Å². The summed E-state index contributed by atoms with van der Waals surface area (Å²) in [6.45, 7) is 8.62. The first-order valence-corrected chi connectivity index (χ1v) is 10.3. The minimum absolute atomic E-state index is 0.0166. The minimum atomic E-state index is -0.0166. The number of carbonyl (C=O) groups excluding carboxylic acids is 1. The zero-order valence-electron chi connectivity index (χ0n) is 16.7. The van der Waals surface area contributed by atoms with Gasteiger partial charge in [0.15, 0.2) is 6.54 Å². The Morgan fingerprint density at radius 3 is 2.54 bits per heavy atom.